The largest absolute Gasteiger partial charge is 0.368 e. The highest BCUT2D eigenvalue weighted by Crippen LogP contribution is 2.14. The third-order valence-electron chi connectivity index (χ3n) is 2.58. The van der Waals surface area contributed by atoms with Gasteiger partial charge in [0.25, 0.3) is 5.91 Å². The van der Waals surface area contributed by atoms with E-state index in [1.54, 1.807) is 24.3 Å². The van der Waals surface area contributed by atoms with Crippen LogP contribution in [0.2, 0.25) is 5.02 Å². The molecule has 2 aromatic carbocycles. The summed E-state index contributed by atoms with van der Waals surface area (Å²) in [6.07, 6.45) is 0. The first kappa shape index (κ1) is 14.5. The number of benzene rings is 2. The third kappa shape index (κ3) is 4.33. The van der Waals surface area contributed by atoms with Gasteiger partial charge in [-0.2, -0.15) is 0 Å². The summed E-state index contributed by atoms with van der Waals surface area (Å²) in [7, 11) is 0. The number of amides is 1. The van der Waals surface area contributed by atoms with E-state index in [1.807, 2.05) is 30.3 Å². The summed E-state index contributed by atoms with van der Waals surface area (Å²) in [5, 5.41) is 6.17. The molecule has 0 saturated heterocycles. The molecule has 2 N–H and O–H groups in total. The minimum atomic E-state index is -0.349. The molecule has 0 atom stereocenters. The van der Waals surface area contributed by atoms with E-state index in [2.05, 4.69) is 10.6 Å². The Morgan fingerprint density at radius 3 is 2.55 bits per heavy atom. The Balaban J connectivity index is 1.88. The molecule has 0 aliphatic carbocycles. The Bertz CT molecular complexity index is 616. The summed E-state index contributed by atoms with van der Waals surface area (Å²) in [6, 6.07) is 16.7. The molecular formula is C15H13ClN2OS. The lowest BCUT2D eigenvalue weighted by atomic mass is 10.2. The third-order valence-corrected chi connectivity index (χ3v) is 3.15. The molecule has 102 valence electrons. The zero-order valence-electron chi connectivity index (χ0n) is 10.6. The van der Waals surface area contributed by atoms with Gasteiger partial charge in [0.2, 0.25) is 0 Å². The molecule has 0 saturated carbocycles. The molecule has 0 unspecified atom stereocenters. The van der Waals surface area contributed by atoms with Gasteiger partial charge in [0, 0.05) is 17.3 Å². The minimum Gasteiger partial charge on any atom is -0.368 e. The Morgan fingerprint density at radius 2 is 1.85 bits per heavy atom. The molecule has 0 radical (unpaired) electrons. The van der Waals surface area contributed by atoms with Gasteiger partial charge in [-0.15, -0.1) is 0 Å². The van der Waals surface area contributed by atoms with Crippen LogP contribution in [-0.2, 0) is 11.3 Å². The lowest BCUT2D eigenvalue weighted by Crippen LogP contribution is -2.33. The van der Waals surface area contributed by atoms with Crippen LogP contribution in [-0.4, -0.2) is 10.9 Å². The van der Waals surface area contributed by atoms with Crippen molar-refractivity contribution in [3.8, 4) is 0 Å². The molecule has 0 heterocycles. The van der Waals surface area contributed by atoms with Gasteiger partial charge in [0.1, 0.15) is 0 Å². The summed E-state index contributed by atoms with van der Waals surface area (Å²) in [5.74, 6) is -0.349. The van der Waals surface area contributed by atoms with Crippen LogP contribution in [0, 0.1) is 0 Å². The summed E-state index contributed by atoms with van der Waals surface area (Å²) in [4.78, 5) is 12.0. The highest BCUT2D eigenvalue weighted by Gasteiger charge is 2.09. The van der Waals surface area contributed by atoms with Crippen molar-refractivity contribution in [1.82, 2.24) is 5.32 Å². The summed E-state index contributed by atoms with van der Waals surface area (Å²) >= 11 is 10.9. The van der Waals surface area contributed by atoms with Crippen molar-refractivity contribution in [2.45, 2.75) is 6.54 Å². The molecule has 3 nitrogen and oxygen atoms in total. The molecule has 0 aromatic heterocycles. The van der Waals surface area contributed by atoms with Gasteiger partial charge in [-0.3, -0.25) is 4.79 Å². The number of rotatable bonds is 3. The monoisotopic (exact) mass is 304 g/mol. The first-order chi connectivity index (χ1) is 9.65. The number of halogens is 1. The lowest BCUT2D eigenvalue weighted by Gasteiger charge is -2.09. The second-order valence-corrected chi connectivity index (χ2v) is 4.98. The average Bonchev–Trinajstić information content (AvgIpc) is 2.46. The van der Waals surface area contributed by atoms with E-state index in [0.717, 1.165) is 5.56 Å². The molecule has 0 aliphatic rings. The Labute approximate surface area is 128 Å². The number of carbonyl (C=O) groups excluding carboxylic acids is 1. The first-order valence-electron chi connectivity index (χ1n) is 6.04. The van der Waals surface area contributed by atoms with Gasteiger partial charge in [0.05, 0.1) is 0 Å². The molecule has 0 aliphatic heterocycles. The Kier molecular flexibility index (Phi) is 5.09. The summed E-state index contributed by atoms with van der Waals surface area (Å²) in [5.41, 5.74) is 1.68. The van der Waals surface area contributed by atoms with E-state index < -0.39 is 0 Å². The number of anilines is 1. The van der Waals surface area contributed by atoms with Crippen LogP contribution in [0.3, 0.4) is 0 Å². The fourth-order valence-electron chi connectivity index (χ4n) is 1.61. The number of hydrogen-bond acceptors (Lipinski definition) is 2. The second kappa shape index (κ2) is 7.03. The summed E-state index contributed by atoms with van der Waals surface area (Å²) < 4.78 is 0. The van der Waals surface area contributed by atoms with Crippen molar-refractivity contribution in [3.05, 3.63) is 65.2 Å². The summed E-state index contributed by atoms with van der Waals surface area (Å²) in [6.45, 7) is 0.517. The minimum absolute atomic E-state index is 0.147. The zero-order chi connectivity index (χ0) is 14.4. The predicted octanol–water partition coefficient (Wildman–Crippen LogP) is 3.40. The van der Waals surface area contributed by atoms with E-state index in [-0.39, 0.29) is 10.9 Å². The van der Waals surface area contributed by atoms with Crippen LogP contribution in [0.15, 0.2) is 54.6 Å². The van der Waals surface area contributed by atoms with Crippen molar-refractivity contribution in [2.75, 3.05) is 5.32 Å². The Hall–Kier alpha value is -1.91. The second-order valence-electron chi connectivity index (χ2n) is 4.13. The average molecular weight is 305 g/mol. The van der Waals surface area contributed by atoms with Crippen LogP contribution < -0.4 is 10.6 Å². The Morgan fingerprint density at radius 1 is 1.10 bits per heavy atom. The smallest absolute Gasteiger partial charge is 0.283 e. The highest BCUT2D eigenvalue weighted by atomic mass is 35.5. The van der Waals surface area contributed by atoms with E-state index in [9.17, 15) is 4.79 Å². The van der Waals surface area contributed by atoms with Gasteiger partial charge in [-0.05, 0) is 23.8 Å². The molecule has 1 amide bonds. The number of nitrogens with one attached hydrogen (secondary N) is 2. The molecule has 0 bridgehead atoms. The van der Waals surface area contributed by atoms with E-state index >= 15 is 0 Å². The maximum atomic E-state index is 11.9. The van der Waals surface area contributed by atoms with Gasteiger partial charge in [0.15, 0.2) is 4.99 Å². The van der Waals surface area contributed by atoms with Crippen molar-refractivity contribution in [2.24, 2.45) is 0 Å². The maximum absolute atomic E-state index is 11.9. The molecule has 20 heavy (non-hydrogen) atoms. The van der Waals surface area contributed by atoms with Crippen molar-refractivity contribution in [1.29, 1.82) is 0 Å². The maximum Gasteiger partial charge on any atom is 0.283 e. The van der Waals surface area contributed by atoms with Crippen LogP contribution in [0.5, 0.6) is 0 Å². The fourth-order valence-corrected chi connectivity index (χ4v) is 1.93. The molecule has 2 aromatic rings. The normalized spacial score (nSPS) is 9.85. The van der Waals surface area contributed by atoms with Gasteiger partial charge in [-0.25, -0.2) is 0 Å². The molecule has 0 spiro atoms. The molecule has 5 heteroatoms. The van der Waals surface area contributed by atoms with E-state index in [1.165, 1.54) is 0 Å². The van der Waals surface area contributed by atoms with Crippen molar-refractivity contribution in [3.63, 3.8) is 0 Å². The van der Waals surface area contributed by atoms with Crippen LogP contribution in [0.25, 0.3) is 0 Å². The fraction of sp³-hybridized carbons (Fsp3) is 0.0667. The van der Waals surface area contributed by atoms with E-state index in [4.69, 9.17) is 23.8 Å². The van der Waals surface area contributed by atoms with E-state index in [0.29, 0.717) is 17.3 Å². The van der Waals surface area contributed by atoms with Crippen LogP contribution >= 0.6 is 23.8 Å². The topological polar surface area (TPSA) is 41.1 Å². The number of hydrogen-bond donors (Lipinski definition) is 2. The van der Waals surface area contributed by atoms with Gasteiger partial charge < -0.3 is 10.6 Å². The standard InChI is InChI=1S/C15H13ClN2OS/c16-12-7-4-8-13(9-12)18-14(19)15(20)17-10-11-5-2-1-3-6-11/h1-9H,10H2,(H,17,20)(H,18,19). The van der Waals surface area contributed by atoms with Gasteiger partial charge >= 0.3 is 0 Å². The SMILES string of the molecule is O=C(Nc1cccc(Cl)c1)C(=S)NCc1ccccc1. The number of carbonyl (C=O) groups is 1. The number of thiocarbonyl (C=S) groups is 1. The lowest BCUT2D eigenvalue weighted by molar-refractivity contribution is -0.110. The first-order valence-corrected chi connectivity index (χ1v) is 6.82. The highest BCUT2D eigenvalue weighted by molar-refractivity contribution is 7.82. The predicted molar refractivity (Wildman–Crippen MR) is 86.0 cm³/mol. The molecular weight excluding hydrogens is 292 g/mol. The molecule has 0 fully saturated rings. The van der Waals surface area contributed by atoms with Crippen LogP contribution in [0.1, 0.15) is 5.56 Å². The van der Waals surface area contributed by atoms with Crippen molar-refractivity contribution >= 4 is 40.4 Å². The quantitative estimate of drug-likeness (QED) is 0.854. The van der Waals surface area contributed by atoms with Crippen LogP contribution in [0.4, 0.5) is 5.69 Å². The molecule has 2 rings (SSSR count). The zero-order valence-corrected chi connectivity index (χ0v) is 12.2. The van der Waals surface area contributed by atoms with Gasteiger partial charge in [-0.1, -0.05) is 60.2 Å². The van der Waals surface area contributed by atoms with Crippen molar-refractivity contribution < 1.29 is 4.79 Å².